The Morgan fingerprint density at radius 2 is 1.43 bits per heavy atom. The number of carbonyl (C=O) groups is 4. The van der Waals surface area contributed by atoms with Crippen molar-refractivity contribution in [1.29, 1.82) is 0 Å². The molecule has 3 amide bonds. The first-order valence-electron chi connectivity index (χ1n) is 11.2. The molecule has 0 unspecified atom stereocenters. The number of anilines is 3. The summed E-state index contributed by atoms with van der Waals surface area (Å²) in [6, 6.07) is 19.1. The highest BCUT2D eigenvalue weighted by Crippen LogP contribution is 2.30. The SMILES string of the molecule is CCOc1ccc(NC(=O)c2ccc(NC3=C(Cl)C(=O)N(c4ccc(C(=O)OC)cc4)C3=O)cc2)cc1. The van der Waals surface area contributed by atoms with E-state index in [4.69, 9.17) is 16.3 Å². The summed E-state index contributed by atoms with van der Waals surface area (Å²) in [5.74, 6) is -1.51. The molecule has 188 valence electrons. The molecule has 0 saturated heterocycles. The third-order valence-electron chi connectivity index (χ3n) is 5.41. The molecule has 0 saturated carbocycles. The van der Waals surface area contributed by atoms with Gasteiger partial charge in [-0.05, 0) is 79.7 Å². The van der Waals surface area contributed by atoms with Gasteiger partial charge in [-0.25, -0.2) is 9.69 Å². The maximum Gasteiger partial charge on any atom is 0.337 e. The fourth-order valence-electron chi connectivity index (χ4n) is 3.56. The molecule has 10 heteroatoms. The normalized spacial score (nSPS) is 13.0. The Kier molecular flexibility index (Phi) is 7.55. The van der Waals surface area contributed by atoms with Crippen LogP contribution in [0.25, 0.3) is 0 Å². The summed E-state index contributed by atoms with van der Waals surface area (Å²) in [7, 11) is 1.26. The van der Waals surface area contributed by atoms with Crippen LogP contribution >= 0.6 is 11.6 Å². The monoisotopic (exact) mass is 519 g/mol. The Balaban J connectivity index is 1.43. The number of imide groups is 1. The van der Waals surface area contributed by atoms with Crippen molar-refractivity contribution in [2.45, 2.75) is 6.92 Å². The van der Waals surface area contributed by atoms with Crippen molar-refractivity contribution < 1.29 is 28.7 Å². The molecule has 0 radical (unpaired) electrons. The van der Waals surface area contributed by atoms with Crippen LogP contribution in [-0.2, 0) is 14.3 Å². The number of amides is 3. The first-order valence-corrected chi connectivity index (χ1v) is 11.6. The van der Waals surface area contributed by atoms with Gasteiger partial charge in [-0.15, -0.1) is 0 Å². The Hall–Kier alpha value is -4.63. The van der Waals surface area contributed by atoms with Gasteiger partial charge in [-0.1, -0.05) is 11.6 Å². The van der Waals surface area contributed by atoms with Crippen LogP contribution in [0.3, 0.4) is 0 Å². The zero-order valence-electron chi connectivity index (χ0n) is 19.9. The van der Waals surface area contributed by atoms with Gasteiger partial charge >= 0.3 is 5.97 Å². The lowest BCUT2D eigenvalue weighted by molar-refractivity contribution is -0.120. The fraction of sp³-hybridized carbons (Fsp3) is 0.111. The lowest BCUT2D eigenvalue weighted by atomic mass is 10.2. The Labute approximate surface area is 217 Å². The average Bonchev–Trinajstić information content (AvgIpc) is 3.12. The lowest BCUT2D eigenvalue weighted by Crippen LogP contribution is -2.32. The molecule has 2 N–H and O–H groups in total. The van der Waals surface area contributed by atoms with E-state index in [-0.39, 0.29) is 27.9 Å². The summed E-state index contributed by atoms with van der Waals surface area (Å²) < 4.78 is 10.0. The summed E-state index contributed by atoms with van der Waals surface area (Å²) in [6.07, 6.45) is 0. The van der Waals surface area contributed by atoms with Gasteiger partial charge in [0, 0.05) is 16.9 Å². The minimum Gasteiger partial charge on any atom is -0.494 e. The molecular weight excluding hydrogens is 498 g/mol. The smallest absolute Gasteiger partial charge is 0.337 e. The van der Waals surface area contributed by atoms with Gasteiger partial charge in [0.25, 0.3) is 17.7 Å². The number of nitrogens with one attached hydrogen (secondary N) is 2. The molecule has 0 atom stereocenters. The number of hydrogen-bond acceptors (Lipinski definition) is 7. The van der Waals surface area contributed by atoms with Gasteiger partial charge in [0.2, 0.25) is 0 Å². The molecule has 37 heavy (non-hydrogen) atoms. The minimum atomic E-state index is -0.702. The van der Waals surface area contributed by atoms with E-state index in [1.54, 1.807) is 48.5 Å². The number of ether oxygens (including phenoxy) is 2. The number of benzene rings is 3. The number of carbonyl (C=O) groups excluding carboxylic acids is 4. The molecule has 1 aliphatic heterocycles. The van der Waals surface area contributed by atoms with Crippen molar-refractivity contribution in [2.75, 3.05) is 29.3 Å². The van der Waals surface area contributed by atoms with E-state index in [9.17, 15) is 19.2 Å². The van der Waals surface area contributed by atoms with Gasteiger partial charge in [-0.2, -0.15) is 0 Å². The summed E-state index contributed by atoms with van der Waals surface area (Å²) in [5.41, 5.74) is 1.88. The highest BCUT2D eigenvalue weighted by molar-refractivity contribution is 6.53. The quantitative estimate of drug-likeness (QED) is 0.331. The second-order valence-corrected chi connectivity index (χ2v) is 8.16. The van der Waals surface area contributed by atoms with Crippen LogP contribution in [-0.4, -0.2) is 37.4 Å². The van der Waals surface area contributed by atoms with Crippen LogP contribution < -0.4 is 20.3 Å². The van der Waals surface area contributed by atoms with E-state index in [1.165, 1.54) is 31.4 Å². The second-order valence-electron chi connectivity index (χ2n) is 7.79. The van der Waals surface area contributed by atoms with Crippen LogP contribution in [0.1, 0.15) is 27.6 Å². The molecule has 0 bridgehead atoms. The first-order chi connectivity index (χ1) is 17.8. The van der Waals surface area contributed by atoms with Gasteiger partial charge < -0.3 is 20.1 Å². The van der Waals surface area contributed by atoms with Gasteiger partial charge in [0.15, 0.2) is 0 Å². The lowest BCUT2D eigenvalue weighted by Gasteiger charge is -2.15. The number of nitrogens with zero attached hydrogens (tertiary/aromatic N) is 1. The Morgan fingerprint density at radius 1 is 0.838 bits per heavy atom. The molecule has 0 aromatic heterocycles. The summed E-state index contributed by atoms with van der Waals surface area (Å²) >= 11 is 6.18. The highest BCUT2D eigenvalue weighted by Gasteiger charge is 2.39. The number of esters is 1. The van der Waals surface area contributed by atoms with Crippen LogP contribution in [0.4, 0.5) is 17.1 Å². The van der Waals surface area contributed by atoms with E-state index < -0.39 is 17.8 Å². The predicted octanol–water partition coefficient (Wildman–Crippen LogP) is 4.56. The molecule has 0 spiro atoms. The van der Waals surface area contributed by atoms with E-state index >= 15 is 0 Å². The second kappa shape index (κ2) is 11.0. The van der Waals surface area contributed by atoms with Gasteiger partial charge in [0.1, 0.15) is 16.5 Å². The standard InChI is InChI=1S/C27H22ClN3O6/c1-3-37-21-14-10-19(11-15-21)30-24(32)16-4-8-18(9-5-16)29-23-22(28)25(33)31(26(23)34)20-12-6-17(7-13-20)27(35)36-2/h4-15,29H,3H2,1-2H3,(H,30,32). The molecule has 4 rings (SSSR count). The fourth-order valence-corrected chi connectivity index (χ4v) is 3.78. The van der Waals surface area contributed by atoms with Crippen LogP contribution in [0.2, 0.25) is 0 Å². The number of rotatable bonds is 8. The average molecular weight is 520 g/mol. The van der Waals surface area contributed by atoms with Crippen molar-refractivity contribution in [3.05, 3.63) is 94.7 Å². The van der Waals surface area contributed by atoms with Gasteiger partial charge in [0.05, 0.1) is 25.0 Å². The summed E-state index contributed by atoms with van der Waals surface area (Å²) in [5, 5.41) is 5.38. The van der Waals surface area contributed by atoms with Crippen molar-refractivity contribution in [1.82, 2.24) is 0 Å². The van der Waals surface area contributed by atoms with Crippen molar-refractivity contribution in [3.63, 3.8) is 0 Å². The molecule has 9 nitrogen and oxygen atoms in total. The number of halogens is 1. The molecular formula is C27H22ClN3O6. The zero-order chi connectivity index (χ0) is 26.5. The summed E-state index contributed by atoms with van der Waals surface area (Å²) in [4.78, 5) is 50.8. The third kappa shape index (κ3) is 5.46. The Bertz CT molecular complexity index is 1380. The van der Waals surface area contributed by atoms with Crippen molar-refractivity contribution in [3.8, 4) is 5.75 Å². The van der Waals surface area contributed by atoms with E-state index in [0.717, 1.165) is 4.90 Å². The van der Waals surface area contributed by atoms with Crippen molar-refractivity contribution in [2.24, 2.45) is 0 Å². The van der Waals surface area contributed by atoms with E-state index in [1.807, 2.05) is 6.92 Å². The molecule has 3 aromatic rings. The van der Waals surface area contributed by atoms with Gasteiger partial charge in [-0.3, -0.25) is 14.4 Å². The maximum absolute atomic E-state index is 13.0. The van der Waals surface area contributed by atoms with Crippen LogP contribution in [0.15, 0.2) is 83.5 Å². The maximum atomic E-state index is 13.0. The predicted molar refractivity (Wildman–Crippen MR) is 139 cm³/mol. The largest absolute Gasteiger partial charge is 0.494 e. The summed E-state index contributed by atoms with van der Waals surface area (Å²) in [6.45, 7) is 2.44. The molecule has 0 fully saturated rings. The highest BCUT2D eigenvalue weighted by atomic mass is 35.5. The Morgan fingerprint density at radius 3 is 2.03 bits per heavy atom. The van der Waals surface area contributed by atoms with E-state index in [2.05, 4.69) is 15.4 Å². The zero-order valence-corrected chi connectivity index (χ0v) is 20.7. The number of methoxy groups -OCH3 is 1. The number of hydrogen-bond donors (Lipinski definition) is 2. The van der Waals surface area contributed by atoms with E-state index in [0.29, 0.717) is 29.3 Å². The van der Waals surface area contributed by atoms with Crippen LogP contribution in [0.5, 0.6) is 5.75 Å². The first kappa shape index (κ1) is 25.5. The third-order valence-corrected chi connectivity index (χ3v) is 5.76. The van der Waals surface area contributed by atoms with Crippen molar-refractivity contribution >= 4 is 52.4 Å². The molecule has 0 aliphatic carbocycles. The molecule has 1 aliphatic rings. The molecule has 1 heterocycles. The topological polar surface area (TPSA) is 114 Å². The molecule has 3 aromatic carbocycles. The minimum absolute atomic E-state index is 0.102. The van der Waals surface area contributed by atoms with Crippen LogP contribution in [0, 0.1) is 0 Å².